The number of fused-ring (bicyclic) bond motifs is 1. The number of ketones is 1. The highest BCUT2D eigenvalue weighted by atomic mass is 16.5. The summed E-state index contributed by atoms with van der Waals surface area (Å²) in [6.45, 7) is 3.44. The van der Waals surface area contributed by atoms with Gasteiger partial charge in [0.2, 0.25) is 0 Å². The van der Waals surface area contributed by atoms with Gasteiger partial charge in [0.1, 0.15) is 0 Å². The topological polar surface area (TPSA) is 72.5 Å². The van der Waals surface area contributed by atoms with Crippen molar-refractivity contribution in [2.45, 2.75) is 46.0 Å². The molecule has 0 aromatic heterocycles. The number of amides is 1. The molecule has 0 fully saturated rings. The van der Waals surface area contributed by atoms with Gasteiger partial charge in [0.05, 0.1) is 6.42 Å². The smallest absolute Gasteiger partial charge is 0.306 e. The van der Waals surface area contributed by atoms with Crippen molar-refractivity contribution in [3.8, 4) is 0 Å². The average molecular weight is 379 g/mol. The number of nitrogens with one attached hydrogen (secondary N) is 1. The average Bonchev–Trinajstić information content (AvgIpc) is 3.14. The number of hydrogen-bond acceptors (Lipinski definition) is 4. The Hall–Kier alpha value is -2.95. The fourth-order valence-electron chi connectivity index (χ4n) is 3.45. The molecule has 0 saturated carbocycles. The van der Waals surface area contributed by atoms with Crippen LogP contribution in [0.15, 0.2) is 36.4 Å². The van der Waals surface area contributed by atoms with E-state index >= 15 is 0 Å². The van der Waals surface area contributed by atoms with Crippen molar-refractivity contribution in [3.63, 3.8) is 0 Å². The Morgan fingerprint density at radius 2 is 1.75 bits per heavy atom. The minimum Gasteiger partial charge on any atom is -0.456 e. The Balaban J connectivity index is 1.43. The number of benzene rings is 2. The Labute approximate surface area is 165 Å². The van der Waals surface area contributed by atoms with Gasteiger partial charge in [0.25, 0.3) is 5.91 Å². The summed E-state index contributed by atoms with van der Waals surface area (Å²) in [6, 6.07) is 11.5. The monoisotopic (exact) mass is 379 g/mol. The normalized spacial score (nSPS) is 12.4. The highest BCUT2D eigenvalue weighted by molar-refractivity contribution is 5.99. The van der Waals surface area contributed by atoms with Gasteiger partial charge >= 0.3 is 5.97 Å². The molecule has 28 heavy (non-hydrogen) atoms. The molecule has 146 valence electrons. The standard InChI is InChI=1S/C23H25NO4/c1-15-6-7-16(2)20(12-15)21(25)10-11-23(27)28-14-22(26)24-19-9-8-17-4-3-5-18(17)13-19/h6-9,12-13H,3-5,10-11,14H2,1-2H3,(H,24,26). The van der Waals surface area contributed by atoms with Crippen molar-refractivity contribution in [1.82, 2.24) is 0 Å². The second-order valence-corrected chi connectivity index (χ2v) is 7.29. The van der Waals surface area contributed by atoms with E-state index in [0.717, 1.165) is 30.4 Å². The van der Waals surface area contributed by atoms with Gasteiger partial charge in [0.15, 0.2) is 12.4 Å². The Morgan fingerprint density at radius 1 is 0.964 bits per heavy atom. The molecule has 2 aromatic carbocycles. The molecule has 0 radical (unpaired) electrons. The lowest BCUT2D eigenvalue weighted by Gasteiger charge is -2.09. The second-order valence-electron chi connectivity index (χ2n) is 7.29. The van der Waals surface area contributed by atoms with Crippen molar-refractivity contribution >= 4 is 23.3 Å². The first-order valence-electron chi connectivity index (χ1n) is 9.60. The van der Waals surface area contributed by atoms with Crippen LogP contribution in [0.3, 0.4) is 0 Å². The number of carbonyl (C=O) groups is 3. The second kappa shape index (κ2) is 8.83. The predicted octanol–water partition coefficient (Wildman–Crippen LogP) is 3.94. The van der Waals surface area contributed by atoms with Crippen LogP contribution in [-0.4, -0.2) is 24.3 Å². The summed E-state index contributed by atoms with van der Waals surface area (Å²) >= 11 is 0. The van der Waals surface area contributed by atoms with Gasteiger partial charge in [-0.3, -0.25) is 14.4 Å². The lowest BCUT2D eigenvalue weighted by Crippen LogP contribution is -2.21. The third kappa shape index (κ3) is 5.06. The molecule has 0 aliphatic heterocycles. The molecule has 5 heteroatoms. The molecule has 1 N–H and O–H groups in total. The molecular weight excluding hydrogens is 354 g/mol. The van der Waals surface area contributed by atoms with Crippen LogP contribution < -0.4 is 5.32 Å². The van der Waals surface area contributed by atoms with Crippen molar-refractivity contribution in [1.29, 1.82) is 0 Å². The lowest BCUT2D eigenvalue weighted by molar-refractivity contribution is -0.147. The minimum absolute atomic E-state index is 0.0433. The number of Topliss-reactive ketones (excluding diaryl/α,β-unsaturated/α-hetero) is 1. The van der Waals surface area contributed by atoms with Gasteiger partial charge in [0, 0.05) is 17.7 Å². The van der Waals surface area contributed by atoms with Crippen molar-refractivity contribution < 1.29 is 19.1 Å². The van der Waals surface area contributed by atoms with Crippen LogP contribution in [0.2, 0.25) is 0 Å². The SMILES string of the molecule is Cc1ccc(C)c(C(=O)CCC(=O)OCC(=O)Nc2ccc3c(c2)CCC3)c1. The van der Waals surface area contributed by atoms with Crippen LogP contribution in [-0.2, 0) is 27.2 Å². The van der Waals surface area contributed by atoms with E-state index in [9.17, 15) is 14.4 Å². The van der Waals surface area contributed by atoms with E-state index in [1.165, 1.54) is 11.1 Å². The molecule has 0 heterocycles. The number of hydrogen-bond donors (Lipinski definition) is 1. The fraction of sp³-hybridized carbons (Fsp3) is 0.348. The molecule has 0 atom stereocenters. The fourth-order valence-corrected chi connectivity index (χ4v) is 3.45. The summed E-state index contributed by atoms with van der Waals surface area (Å²) in [5.41, 5.74) is 5.82. The van der Waals surface area contributed by atoms with E-state index in [1.807, 2.05) is 50.2 Å². The third-order valence-corrected chi connectivity index (χ3v) is 5.00. The van der Waals surface area contributed by atoms with E-state index in [-0.39, 0.29) is 31.1 Å². The number of rotatable bonds is 7. The highest BCUT2D eigenvalue weighted by Crippen LogP contribution is 2.24. The van der Waals surface area contributed by atoms with Crippen LogP contribution in [0, 0.1) is 13.8 Å². The maximum atomic E-state index is 12.3. The van der Waals surface area contributed by atoms with E-state index in [0.29, 0.717) is 11.3 Å². The van der Waals surface area contributed by atoms with Crippen LogP contribution >= 0.6 is 0 Å². The largest absolute Gasteiger partial charge is 0.456 e. The van der Waals surface area contributed by atoms with E-state index in [1.54, 1.807) is 0 Å². The lowest BCUT2D eigenvalue weighted by atomic mass is 9.99. The summed E-state index contributed by atoms with van der Waals surface area (Å²) in [5.74, 6) is -1.03. The van der Waals surface area contributed by atoms with Crippen molar-refractivity contribution in [3.05, 3.63) is 64.2 Å². The first-order chi connectivity index (χ1) is 13.4. The van der Waals surface area contributed by atoms with Crippen molar-refractivity contribution in [2.75, 3.05) is 11.9 Å². The van der Waals surface area contributed by atoms with Gasteiger partial charge in [-0.05, 0) is 68.0 Å². The van der Waals surface area contributed by atoms with Gasteiger partial charge in [-0.15, -0.1) is 0 Å². The predicted molar refractivity (Wildman–Crippen MR) is 108 cm³/mol. The minimum atomic E-state index is -0.553. The Kier molecular flexibility index (Phi) is 6.24. The van der Waals surface area contributed by atoms with Crippen LogP contribution in [0.5, 0.6) is 0 Å². The molecule has 3 rings (SSSR count). The number of carbonyl (C=O) groups excluding carboxylic acids is 3. The van der Waals surface area contributed by atoms with Crippen LogP contribution in [0.25, 0.3) is 0 Å². The maximum Gasteiger partial charge on any atom is 0.306 e. The third-order valence-electron chi connectivity index (χ3n) is 5.00. The van der Waals surface area contributed by atoms with Gasteiger partial charge < -0.3 is 10.1 Å². The first kappa shape index (κ1) is 19.8. The summed E-state index contributed by atoms with van der Waals surface area (Å²) in [7, 11) is 0. The van der Waals surface area contributed by atoms with Gasteiger partial charge in [-0.1, -0.05) is 23.8 Å². The number of ether oxygens (including phenoxy) is 1. The number of esters is 1. The van der Waals surface area contributed by atoms with E-state index in [2.05, 4.69) is 5.32 Å². The molecule has 1 aliphatic rings. The Bertz CT molecular complexity index is 917. The van der Waals surface area contributed by atoms with Crippen LogP contribution in [0.1, 0.15) is 51.9 Å². The summed E-state index contributed by atoms with van der Waals surface area (Å²) in [6.07, 6.45) is 3.28. The molecule has 5 nitrogen and oxygen atoms in total. The van der Waals surface area contributed by atoms with Gasteiger partial charge in [-0.25, -0.2) is 0 Å². The van der Waals surface area contributed by atoms with Crippen LogP contribution in [0.4, 0.5) is 5.69 Å². The molecule has 0 unspecified atom stereocenters. The zero-order valence-electron chi connectivity index (χ0n) is 16.3. The number of aryl methyl sites for hydroxylation is 4. The van der Waals surface area contributed by atoms with E-state index < -0.39 is 5.97 Å². The molecule has 1 amide bonds. The Morgan fingerprint density at radius 3 is 2.57 bits per heavy atom. The number of anilines is 1. The van der Waals surface area contributed by atoms with E-state index in [4.69, 9.17) is 4.74 Å². The summed E-state index contributed by atoms with van der Waals surface area (Å²) in [4.78, 5) is 36.2. The highest BCUT2D eigenvalue weighted by Gasteiger charge is 2.15. The van der Waals surface area contributed by atoms with Crippen molar-refractivity contribution in [2.24, 2.45) is 0 Å². The molecule has 2 aromatic rings. The quantitative estimate of drug-likeness (QED) is 0.584. The van der Waals surface area contributed by atoms with Gasteiger partial charge in [-0.2, -0.15) is 0 Å². The summed E-state index contributed by atoms with van der Waals surface area (Å²) in [5, 5.41) is 2.75. The molecular formula is C23H25NO4. The maximum absolute atomic E-state index is 12.3. The zero-order valence-corrected chi connectivity index (χ0v) is 16.3. The molecule has 0 spiro atoms. The molecule has 1 aliphatic carbocycles. The molecule has 0 bridgehead atoms. The first-order valence-corrected chi connectivity index (χ1v) is 9.60. The molecule has 0 saturated heterocycles. The zero-order chi connectivity index (χ0) is 20.1. The summed E-state index contributed by atoms with van der Waals surface area (Å²) < 4.78 is 5.01.